The molecule has 4 nitrogen and oxygen atoms in total. The molecule has 0 unspecified atom stereocenters. The number of rotatable bonds is 3. The van der Waals surface area contributed by atoms with Crippen LogP contribution in [0.4, 0.5) is 4.39 Å². The van der Waals surface area contributed by atoms with E-state index in [0.717, 1.165) is 23.4 Å². The summed E-state index contributed by atoms with van der Waals surface area (Å²) < 4.78 is 13.3. The first-order valence-electron chi connectivity index (χ1n) is 8.44. The van der Waals surface area contributed by atoms with Crippen LogP contribution in [-0.2, 0) is 19.5 Å². The lowest BCUT2D eigenvalue weighted by molar-refractivity contribution is 0.242. The molecule has 6 heteroatoms. The van der Waals surface area contributed by atoms with Crippen molar-refractivity contribution in [3.05, 3.63) is 86.5 Å². The molecule has 0 saturated heterocycles. The van der Waals surface area contributed by atoms with Gasteiger partial charge in [-0.25, -0.2) is 9.37 Å². The largest absolute Gasteiger partial charge is 0.306 e. The minimum atomic E-state index is -0.423. The Balaban J connectivity index is 1.57. The van der Waals surface area contributed by atoms with Crippen molar-refractivity contribution >= 4 is 11.6 Å². The highest BCUT2D eigenvalue weighted by molar-refractivity contribution is 6.30. The lowest BCUT2D eigenvalue weighted by atomic mass is 10.1. The summed E-state index contributed by atoms with van der Waals surface area (Å²) >= 11 is 5.85. The van der Waals surface area contributed by atoms with E-state index in [0.29, 0.717) is 30.9 Å². The summed E-state index contributed by atoms with van der Waals surface area (Å²) in [5.41, 5.74) is 3.27. The van der Waals surface area contributed by atoms with E-state index in [1.54, 1.807) is 12.1 Å². The molecular formula is C20H17ClFN3O. The van der Waals surface area contributed by atoms with Crippen molar-refractivity contribution in [2.24, 2.45) is 0 Å². The number of nitrogens with zero attached hydrogens (tertiary/aromatic N) is 2. The van der Waals surface area contributed by atoms with Crippen LogP contribution in [0.2, 0.25) is 5.02 Å². The van der Waals surface area contributed by atoms with E-state index in [1.165, 1.54) is 6.07 Å². The third-order valence-electron chi connectivity index (χ3n) is 4.59. The van der Waals surface area contributed by atoms with Gasteiger partial charge in [-0.3, -0.25) is 9.69 Å². The van der Waals surface area contributed by atoms with Crippen molar-refractivity contribution in [1.82, 2.24) is 14.9 Å². The molecule has 1 aliphatic rings. The van der Waals surface area contributed by atoms with E-state index in [1.807, 2.05) is 30.3 Å². The molecule has 0 aliphatic carbocycles. The highest BCUT2D eigenvalue weighted by atomic mass is 35.5. The molecule has 0 amide bonds. The molecule has 132 valence electrons. The molecule has 0 spiro atoms. The predicted molar refractivity (Wildman–Crippen MR) is 99.5 cm³/mol. The Morgan fingerprint density at radius 2 is 2.00 bits per heavy atom. The van der Waals surface area contributed by atoms with Crippen LogP contribution < -0.4 is 5.56 Å². The first-order chi connectivity index (χ1) is 12.6. The van der Waals surface area contributed by atoms with Gasteiger partial charge in [0.2, 0.25) is 0 Å². The van der Waals surface area contributed by atoms with Crippen LogP contribution in [0.1, 0.15) is 16.8 Å². The number of aromatic amines is 1. The number of halogens is 2. The van der Waals surface area contributed by atoms with E-state index in [-0.39, 0.29) is 10.6 Å². The normalized spacial score (nSPS) is 14.2. The molecule has 4 rings (SSSR count). The van der Waals surface area contributed by atoms with Gasteiger partial charge in [-0.2, -0.15) is 0 Å². The van der Waals surface area contributed by atoms with E-state index in [2.05, 4.69) is 14.9 Å². The zero-order valence-corrected chi connectivity index (χ0v) is 14.8. The van der Waals surface area contributed by atoms with Gasteiger partial charge in [0.05, 0.1) is 16.3 Å². The number of hydrogen-bond acceptors (Lipinski definition) is 3. The molecule has 1 aliphatic heterocycles. The SMILES string of the molecule is O=c1[nH]c(-c2ccccc2)nc2c1CN(Cc1ccc(F)c(Cl)c1)CC2. The fourth-order valence-corrected chi connectivity index (χ4v) is 3.45. The molecule has 2 heterocycles. The van der Waals surface area contributed by atoms with Crippen LogP contribution in [0.15, 0.2) is 53.3 Å². The van der Waals surface area contributed by atoms with Crippen molar-refractivity contribution < 1.29 is 4.39 Å². The third-order valence-corrected chi connectivity index (χ3v) is 4.87. The van der Waals surface area contributed by atoms with Gasteiger partial charge in [0, 0.05) is 31.6 Å². The van der Waals surface area contributed by atoms with Crippen molar-refractivity contribution in [3.63, 3.8) is 0 Å². The number of nitrogens with one attached hydrogen (secondary N) is 1. The molecule has 0 fully saturated rings. The second-order valence-corrected chi connectivity index (χ2v) is 6.82. The molecule has 2 aromatic carbocycles. The first kappa shape index (κ1) is 16.9. The minimum absolute atomic E-state index is 0.101. The molecule has 0 bridgehead atoms. The summed E-state index contributed by atoms with van der Waals surface area (Å²) in [5, 5.41) is 0.118. The number of hydrogen-bond donors (Lipinski definition) is 1. The maximum Gasteiger partial charge on any atom is 0.255 e. The Labute approximate surface area is 155 Å². The molecule has 1 aromatic heterocycles. The lowest BCUT2D eigenvalue weighted by Crippen LogP contribution is -2.35. The fraction of sp³-hybridized carbons (Fsp3) is 0.200. The Hall–Kier alpha value is -2.50. The zero-order valence-electron chi connectivity index (χ0n) is 14.0. The van der Waals surface area contributed by atoms with Gasteiger partial charge in [0.1, 0.15) is 11.6 Å². The monoisotopic (exact) mass is 369 g/mol. The van der Waals surface area contributed by atoms with Crippen LogP contribution in [0.25, 0.3) is 11.4 Å². The summed E-state index contributed by atoms with van der Waals surface area (Å²) in [4.78, 5) is 22.3. The van der Waals surface area contributed by atoms with Crippen LogP contribution in [0, 0.1) is 5.82 Å². The highest BCUT2D eigenvalue weighted by Crippen LogP contribution is 2.21. The molecule has 1 N–H and O–H groups in total. The molecule has 0 radical (unpaired) electrons. The fourth-order valence-electron chi connectivity index (χ4n) is 3.24. The summed E-state index contributed by atoms with van der Waals surface area (Å²) in [6.45, 7) is 1.91. The summed E-state index contributed by atoms with van der Waals surface area (Å²) in [7, 11) is 0. The average Bonchev–Trinajstić information content (AvgIpc) is 2.66. The van der Waals surface area contributed by atoms with E-state index in [9.17, 15) is 9.18 Å². The van der Waals surface area contributed by atoms with E-state index >= 15 is 0 Å². The van der Waals surface area contributed by atoms with Gasteiger partial charge < -0.3 is 4.98 Å². The minimum Gasteiger partial charge on any atom is -0.306 e. The summed E-state index contributed by atoms with van der Waals surface area (Å²) in [6, 6.07) is 14.4. The number of benzene rings is 2. The van der Waals surface area contributed by atoms with Gasteiger partial charge in [0.15, 0.2) is 0 Å². The van der Waals surface area contributed by atoms with Gasteiger partial charge in [-0.1, -0.05) is 48.0 Å². The van der Waals surface area contributed by atoms with Gasteiger partial charge in [0.25, 0.3) is 5.56 Å². The average molecular weight is 370 g/mol. The number of fused-ring (bicyclic) bond motifs is 1. The smallest absolute Gasteiger partial charge is 0.255 e. The van der Waals surface area contributed by atoms with Gasteiger partial charge in [-0.05, 0) is 17.7 Å². The second kappa shape index (κ2) is 7.02. The maximum atomic E-state index is 13.3. The molecule has 26 heavy (non-hydrogen) atoms. The zero-order chi connectivity index (χ0) is 18.1. The van der Waals surface area contributed by atoms with Crippen molar-refractivity contribution in [1.29, 1.82) is 0 Å². The van der Waals surface area contributed by atoms with Crippen molar-refractivity contribution in [3.8, 4) is 11.4 Å². The topological polar surface area (TPSA) is 49.0 Å². The first-order valence-corrected chi connectivity index (χ1v) is 8.82. The molecule has 0 saturated carbocycles. The Kier molecular flexibility index (Phi) is 4.57. The quantitative estimate of drug-likeness (QED) is 0.764. The Bertz CT molecular complexity index is 1000. The Morgan fingerprint density at radius 1 is 1.19 bits per heavy atom. The highest BCUT2D eigenvalue weighted by Gasteiger charge is 2.21. The van der Waals surface area contributed by atoms with E-state index < -0.39 is 5.82 Å². The molecular weight excluding hydrogens is 353 g/mol. The van der Waals surface area contributed by atoms with Crippen LogP contribution in [-0.4, -0.2) is 21.4 Å². The molecule has 3 aromatic rings. The maximum absolute atomic E-state index is 13.3. The third kappa shape index (κ3) is 3.41. The Morgan fingerprint density at radius 3 is 2.77 bits per heavy atom. The van der Waals surface area contributed by atoms with E-state index in [4.69, 9.17) is 11.6 Å². The second-order valence-electron chi connectivity index (χ2n) is 6.41. The number of aromatic nitrogens is 2. The van der Waals surface area contributed by atoms with Crippen LogP contribution in [0.5, 0.6) is 0 Å². The van der Waals surface area contributed by atoms with Gasteiger partial charge >= 0.3 is 0 Å². The summed E-state index contributed by atoms with van der Waals surface area (Å²) in [6.07, 6.45) is 0.702. The lowest BCUT2D eigenvalue weighted by Gasteiger charge is -2.27. The molecule has 0 atom stereocenters. The van der Waals surface area contributed by atoms with Gasteiger partial charge in [-0.15, -0.1) is 0 Å². The van der Waals surface area contributed by atoms with Crippen LogP contribution in [0.3, 0.4) is 0 Å². The summed E-state index contributed by atoms with van der Waals surface area (Å²) in [5.74, 6) is 0.182. The van der Waals surface area contributed by atoms with Crippen LogP contribution >= 0.6 is 11.6 Å². The number of H-pyrrole nitrogens is 1. The standard InChI is InChI=1S/C20H17ClFN3O/c21-16-10-13(6-7-17(16)22)11-25-9-8-18-15(12-25)20(26)24-19(23-18)14-4-2-1-3-5-14/h1-7,10H,8-9,11-12H2,(H,23,24,26). The van der Waals surface area contributed by atoms with Crippen molar-refractivity contribution in [2.75, 3.05) is 6.54 Å². The predicted octanol–water partition coefficient (Wildman–Crippen LogP) is 3.79. The van der Waals surface area contributed by atoms with Crippen molar-refractivity contribution in [2.45, 2.75) is 19.5 Å².